The van der Waals surface area contributed by atoms with Gasteiger partial charge in [0.15, 0.2) is 0 Å². The second-order valence-electron chi connectivity index (χ2n) is 4.79. The van der Waals surface area contributed by atoms with Gasteiger partial charge in [-0.15, -0.1) is 0 Å². The van der Waals surface area contributed by atoms with E-state index in [4.69, 9.17) is 27.9 Å². The number of halogens is 2. The van der Waals surface area contributed by atoms with Gasteiger partial charge in [0, 0.05) is 36.2 Å². The van der Waals surface area contributed by atoms with Crippen molar-refractivity contribution in [3.63, 3.8) is 0 Å². The minimum Gasteiger partial charge on any atom is -0.385 e. The maximum absolute atomic E-state index is 11.9. The van der Waals surface area contributed by atoms with Crippen LogP contribution in [0.4, 0.5) is 0 Å². The zero-order chi connectivity index (χ0) is 13.8. The van der Waals surface area contributed by atoms with Gasteiger partial charge in [-0.2, -0.15) is 0 Å². The molecule has 1 N–H and O–H groups in total. The third-order valence-corrected chi connectivity index (χ3v) is 3.70. The summed E-state index contributed by atoms with van der Waals surface area (Å²) in [6, 6.07) is 5.47. The molecule has 2 atom stereocenters. The Bertz CT molecular complexity index is 445. The van der Waals surface area contributed by atoms with Gasteiger partial charge >= 0.3 is 0 Å². The van der Waals surface area contributed by atoms with Gasteiger partial charge in [-0.1, -0.05) is 23.2 Å². The first-order valence-corrected chi connectivity index (χ1v) is 7.10. The van der Waals surface area contributed by atoms with Crippen molar-refractivity contribution < 1.29 is 9.53 Å². The van der Waals surface area contributed by atoms with E-state index in [-0.39, 0.29) is 17.7 Å². The van der Waals surface area contributed by atoms with Crippen molar-refractivity contribution in [2.45, 2.75) is 18.8 Å². The monoisotopic (exact) mass is 301 g/mol. The maximum atomic E-state index is 11.9. The largest absolute Gasteiger partial charge is 0.385 e. The van der Waals surface area contributed by atoms with Crippen molar-refractivity contribution in [2.24, 2.45) is 5.92 Å². The number of carbonyl (C=O) groups excluding carboxylic acids is 1. The molecule has 0 heterocycles. The van der Waals surface area contributed by atoms with Crippen molar-refractivity contribution in [2.75, 3.05) is 20.3 Å². The van der Waals surface area contributed by atoms with E-state index in [1.54, 1.807) is 13.2 Å². The van der Waals surface area contributed by atoms with Gasteiger partial charge in [0.2, 0.25) is 5.91 Å². The summed E-state index contributed by atoms with van der Waals surface area (Å²) in [6.45, 7) is 1.32. The lowest BCUT2D eigenvalue weighted by atomic mass is 10.1. The Morgan fingerprint density at radius 3 is 2.68 bits per heavy atom. The van der Waals surface area contributed by atoms with Crippen LogP contribution in [-0.2, 0) is 9.53 Å². The summed E-state index contributed by atoms with van der Waals surface area (Å²) in [5.74, 6) is 0.410. The molecule has 1 aromatic carbocycles. The number of carbonyl (C=O) groups is 1. The van der Waals surface area contributed by atoms with Gasteiger partial charge < -0.3 is 10.1 Å². The molecule has 1 amide bonds. The van der Waals surface area contributed by atoms with E-state index in [0.29, 0.717) is 23.2 Å². The number of amides is 1. The highest BCUT2D eigenvalue weighted by Gasteiger charge is 2.43. The third kappa shape index (κ3) is 4.10. The van der Waals surface area contributed by atoms with Gasteiger partial charge in [-0.3, -0.25) is 4.79 Å². The molecule has 0 aliphatic heterocycles. The molecule has 3 nitrogen and oxygen atoms in total. The topological polar surface area (TPSA) is 38.3 Å². The molecule has 19 heavy (non-hydrogen) atoms. The molecular weight excluding hydrogens is 285 g/mol. The van der Waals surface area contributed by atoms with Crippen LogP contribution in [0.2, 0.25) is 10.0 Å². The first kappa shape index (κ1) is 14.6. The molecule has 104 valence electrons. The quantitative estimate of drug-likeness (QED) is 0.819. The van der Waals surface area contributed by atoms with E-state index >= 15 is 0 Å². The van der Waals surface area contributed by atoms with Crippen LogP contribution in [0.15, 0.2) is 18.2 Å². The fourth-order valence-corrected chi connectivity index (χ4v) is 2.74. The Balaban J connectivity index is 1.84. The Labute approximate surface area is 123 Å². The van der Waals surface area contributed by atoms with Crippen molar-refractivity contribution >= 4 is 29.1 Å². The Hall–Kier alpha value is -0.770. The van der Waals surface area contributed by atoms with Crippen LogP contribution in [0, 0.1) is 5.92 Å². The Morgan fingerprint density at radius 2 is 2.05 bits per heavy atom. The lowest BCUT2D eigenvalue weighted by molar-refractivity contribution is -0.122. The van der Waals surface area contributed by atoms with Crippen LogP contribution in [0.5, 0.6) is 0 Å². The zero-order valence-corrected chi connectivity index (χ0v) is 12.3. The van der Waals surface area contributed by atoms with Crippen LogP contribution in [0.1, 0.15) is 24.3 Å². The molecule has 1 aliphatic carbocycles. The lowest BCUT2D eigenvalue weighted by Crippen LogP contribution is -2.27. The molecule has 0 bridgehead atoms. The van der Waals surface area contributed by atoms with E-state index in [1.165, 1.54) is 0 Å². The zero-order valence-electron chi connectivity index (χ0n) is 10.8. The molecule has 1 aliphatic rings. The summed E-state index contributed by atoms with van der Waals surface area (Å²) in [5.41, 5.74) is 1.05. The number of benzene rings is 1. The highest BCUT2D eigenvalue weighted by atomic mass is 35.5. The average molecular weight is 302 g/mol. The summed E-state index contributed by atoms with van der Waals surface area (Å²) in [5, 5.41) is 4.16. The van der Waals surface area contributed by atoms with E-state index in [0.717, 1.165) is 18.4 Å². The highest BCUT2D eigenvalue weighted by molar-refractivity contribution is 6.34. The molecule has 0 radical (unpaired) electrons. The summed E-state index contributed by atoms with van der Waals surface area (Å²) < 4.78 is 4.94. The summed E-state index contributed by atoms with van der Waals surface area (Å²) in [4.78, 5) is 11.9. The second kappa shape index (κ2) is 6.60. The fourth-order valence-electron chi connectivity index (χ4n) is 2.20. The maximum Gasteiger partial charge on any atom is 0.223 e. The first-order valence-electron chi connectivity index (χ1n) is 6.34. The molecule has 0 unspecified atom stereocenters. The summed E-state index contributed by atoms with van der Waals surface area (Å²) >= 11 is 11.9. The fraction of sp³-hybridized carbons (Fsp3) is 0.500. The molecule has 1 fully saturated rings. The Morgan fingerprint density at radius 1 is 1.37 bits per heavy atom. The number of ether oxygens (including phenoxy) is 1. The van der Waals surface area contributed by atoms with E-state index in [9.17, 15) is 4.79 Å². The second-order valence-corrected chi connectivity index (χ2v) is 5.66. The molecule has 0 saturated heterocycles. The van der Waals surface area contributed by atoms with E-state index in [1.807, 2.05) is 12.1 Å². The van der Waals surface area contributed by atoms with Gasteiger partial charge in [-0.25, -0.2) is 0 Å². The van der Waals surface area contributed by atoms with Crippen LogP contribution in [0.3, 0.4) is 0 Å². The van der Waals surface area contributed by atoms with Crippen LogP contribution in [0.25, 0.3) is 0 Å². The SMILES string of the molecule is COCCCNC(=O)[C@@H]1C[C@@H]1c1cc(Cl)cc(Cl)c1. The average Bonchev–Trinajstić information content (AvgIpc) is 3.13. The first-order chi connectivity index (χ1) is 9.11. The highest BCUT2D eigenvalue weighted by Crippen LogP contribution is 2.48. The van der Waals surface area contributed by atoms with E-state index < -0.39 is 0 Å². The molecule has 1 aromatic rings. The van der Waals surface area contributed by atoms with Crippen molar-refractivity contribution in [3.8, 4) is 0 Å². The summed E-state index contributed by atoms with van der Waals surface area (Å²) in [7, 11) is 1.65. The number of hydrogen-bond acceptors (Lipinski definition) is 2. The Kier molecular flexibility index (Phi) is 5.08. The van der Waals surface area contributed by atoms with Crippen molar-refractivity contribution in [1.29, 1.82) is 0 Å². The molecule has 5 heteroatoms. The number of hydrogen-bond donors (Lipinski definition) is 1. The van der Waals surface area contributed by atoms with Crippen molar-refractivity contribution in [1.82, 2.24) is 5.32 Å². The standard InChI is InChI=1S/C14H17Cl2NO2/c1-19-4-2-3-17-14(18)13-8-12(13)9-5-10(15)7-11(16)6-9/h5-7,12-13H,2-4,8H2,1H3,(H,17,18)/t12-,13-/m1/s1. The molecule has 2 rings (SSSR count). The molecule has 0 spiro atoms. The molecule has 0 aromatic heterocycles. The third-order valence-electron chi connectivity index (χ3n) is 3.26. The molecule has 1 saturated carbocycles. The van der Waals surface area contributed by atoms with Gasteiger partial charge in [0.1, 0.15) is 0 Å². The number of nitrogens with one attached hydrogen (secondary N) is 1. The van der Waals surface area contributed by atoms with Gasteiger partial charge in [0.05, 0.1) is 0 Å². The molecular formula is C14H17Cl2NO2. The van der Waals surface area contributed by atoms with Crippen LogP contribution >= 0.6 is 23.2 Å². The van der Waals surface area contributed by atoms with Crippen molar-refractivity contribution in [3.05, 3.63) is 33.8 Å². The van der Waals surface area contributed by atoms with Gasteiger partial charge in [-0.05, 0) is 42.5 Å². The number of methoxy groups -OCH3 is 1. The van der Waals surface area contributed by atoms with E-state index in [2.05, 4.69) is 5.32 Å². The normalized spacial score (nSPS) is 21.2. The minimum absolute atomic E-state index is 0.0529. The van der Waals surface area contributed by atoms with Gasteiger partial charge in [0.25, 0.3) is 0 Å². The minimum atomic E-state index is 0.0529. The summed E-state index contributed by atoms with van der Waals surface area (Å²) in [6.07, 6.45) is 1.70. The van der Waals surface area contributed by atoms with Crippen LogP contribution in [-0.4, -0.2) is 26.2 Å². The predicted molar refractivity (Wildman–Crippen MR) is 76.8 cm³/mol. The smallest absolute Gasteiger partial charge is 0.223 e. The predicted octanol–water partition coefficient (Wildman–Crippen LogP) is 3.25. The van der Waals surface area contributed by atoms with Crippen LogP contribution < -0.4 is 5.32 Å². The lowest BCUT2D eigenvalue weighted by Gasteiger charge is -2.05. The number of rotatable bonds is 6.